The number of benzene rings is 1. The van der Waals surface area contributed by atoms with Gasteiger partial charge in [0.05, 0.1) is 26.5 Å². The van der Waals surface area contributed by atoms with Crippen LogP contribution in [0.3, 0.4) is 0 Å². The molecule has 22 heavy (non-hydrogen) atoms. The second-order valence-corrected chi connectivity index (χ2v) is 5.23. The summed E-state index contributed by atoms with van der Waals surface area (Å²) in [6.07, 6.45) is 0. The Balaban J connectivity index is 2.29. The van der Waals surface area contributed by atoms with Gasteiger partial charge in [-0.25, -0.2) is 0 Å². The van der Waals surface area contributed by atoms with Gasteiger partial charge in [0.25, 0.3) is 0 Å². The van der Waals surface area contributed by atoms with Crippen LogP contribution in [0.1, 0.15) is 5.56 Å². The van der Waals surface area contributed by atoms with Crippen LogP contribution in [0.15, 0.2) is 34.0 Å². The van der Waals surface area contributed by atoms with E-state index < -0.39 is 0 Å². The molecule has 1 aromatic carbocycles. The van der Waals surface area contributed by atoms with Gasteiger partial charge in [-0.05, 0) is 31.8 Å². The standard InChI is InChI=1S/C16H24N4O2/c1-17-8-9-20(2)11-12-10-18-19-15(12)13-6-5-7-14(21-3)16(13)22-4/h5-7,17H,8-11H2,1-4H3. The Morgan fingerprint density at radius 3 is 2.77 bits per heavy atom. The van der Waals surface area contributed by atoms with Crippen LogP contribution in [0.4, 0.5) is 0 Å². The fourth-order valence-electron chi connectivity index (χ4n) is 2.49. The molecule has 0 spiro atoms. The Labute approximate surface area is 131 Å². The van der Waals surface area contributed by atoms with Gasteiger partial charge in [-0.1, -0.05) is 6.07 Å². The summed E-state index contributed by atoms with van der Waals surface area (Å²) in [6.45, 7) is 3.41. The van der Waals surface area contributed by atoms with E-state index in [1.54, 1.807) is 14.2 Å². The molecule has 1 heterocycles. The molecule has 1 aromatic rings. The molecule has 1 N–H and O–H groups in total. The molecular weight excluding hydrogens is 280 g/mol. The van der Waals surface area contributed by atoms with Gasteiger partial charge in [0.2, 0.25) is 0 Å². The minimum absolute atomic E-state index is 0.638. The van der Waals surface area contributed by atoms with Crippen molar-refractivity contribution in [1.82, 2.24) is 10.2 Å². The highest BCUT2D eigenvalue weighted by atomic mass is 16.5. The second kappa shape index (κ2) is 7.91. The Kier molecular flexibility index (Phi) is 5.91. The van der Waals surface area contributed by atoms with Crippen LogP contribution in [-0.2, 0) is 0 Å². The second-order valence-electron chi connectivity index (χ2n) is 5.23. The summed E-state index contributed by atoms with van der Waals surface area (Å²) < 4.78 is 10.9. The number of hydrogen-bond donors (Lipinski definition) is 1. The molecule has 6 nitrogen and oxygen atoms in total. The summed E-state index contributed by atoms with van der Waals surface area (Å²) in [4.78, 5) is 2.26. The van der Waals surface area contributed by atoms with Gasteiger partial charge in [0.15, 0.2) is 11.5 Å². The third-order valence-corrected chi connectivity index (χ3v) is 3.63. The van der Waals surface area contributed by atoms with Crippen LogP contribution in [0.5, 0.6) is 11.5 Å². The van der Waals surface area contributed by atoms with Gasteiger partial charge >= 0.3 is 0 Å². The molecule has 0 unspecified atom stereocenters. The number of likely N-dealkylation sites (N-methyl/N-ethyl adjacent to an activating group) is 2. The van der Waals surface area contributed by atoms with Gasteiger partial charge in [0, 0.05) is 25.2 Å². The van der Waals surface area contributed by atoms with Crippen LogP contribution >= 0.6 is 0 Å². The van der Waals surface area contributed by atoms with Crippen molar-refractivity contribution >= 4 is 5.70 Å². The minimum atomic E-state index is 0.638. The van der Waals surface area contributed by atoms with Crippen molar-refractivity contribution in [2.24, 2.45) is 10.2 Å². The SMILES string of the molecule is CNCCN(C)CC1=C(c2cccc(OC)c2OC)N=NC1. The number of para-hydroxylation sites is 1. The van der Waals surface area contributed by atoms with Crippen LogP contribution in [0, 0.1) is 0 Å². The third kappa shape index (κ3) is 3.64. The molecule has 1 aliphatic rings. The number of hydrogen-bond acceptors (Lipinski definition) is 6. The molecule has 0 saturated heterocycles. The van der Waals surface area contributed by atoms with E-state index in [4.69, 9.17) is 9.47 Å². The Hall–Kier alpha value is -1.92. The normalized spacial score (nSPS) is 14.0. The molecule has 120 valence electrons. The number of nitrogens with one attached hydrogen (secondary N) is 1. The van der Waals surface area contributed by atoms with Crippen LogP contribution in [-0.4, -0.2) is 59.4 Å². The highest BCUT2D eigenvalue weighted by Crippen LogP contribution is 2.38. The molecule has 1 aliphatic heterocycles. The first-order valence-electron chi connectivity index (χ1n) is 7.35. The summed E-state index contributed by atoms with van der Waals surface area (Å²) in [7, 11) is 7.34. The minimum Gasteiger partial charge on any atom is -0.493 e. The lowest BCUT2D eigenvalue weighted by Crippen LogP contribution is -2.29. The van der Waals surface area contributed by atoms with E-state index in [0.717, 1.165) is 30.9 Å². The molecule has 0 aromatic heterocycles. The Morgan fingerprint density at radius 2 is 2.09 bits per heavy atom. The maximum absolute atomic E-state index is 5.51. The Morgan fingerprint density at radius 1 is 1.27 bits per heavy atom. The highest BCUT2D eigenvalue weighted by molar-refractivity contribution is 5.75. The molecule has 0 fully saturated rings. The lowest BCUT2D eigenvalue weighted by molar-refractivity contribution is 0.353. The smallest absolute Gasteiger partial charge is 0.170 e. The Bertz CT molecular complexity index is 569. The average molecular weight is 304 g/mol. The molecule has 0 radical (unpaired) electrons. The number of rotatable bonds is 8. The van der Waals surface area contributed by atoms with Gasteiger partial charge in [-0.2, -0.15) is 10.2 Å². The zero-order chi connectivity index (χ0) is 15.9. The molecule has 0 amide bonds. The zero-order valence-corrected chi connectivity index (χ0v) is 13.7. The summed E-state index contributed by atoms with van der Waals surface area (Å²) in [5, 5.41) is 11.7. The van der Waals surface area contributed by atoms with Crippen molar-refractivity contribution in [3.63, 3.8) is 0 Å². The zero-order valence-electron chi connectivity index (χ0n) is 13.7. The van der Waals surface area contributed by atoms with E-state index in [9.17, 15) is 0 Å². The molecule has 0 bridgehead atoms. The molecule has 0 atom stereocenters. The van der Waals surface area contributed by atoms with E-state index in [0.29, 0.717) is 18.0 Å². The van der Waals surface area contributed by atoms with E-state index in [2.05, 4.69) is 27.5 Å². The van der Waals surface area contributed by atoms with Gasteiger partial charge in [-0.3, -0.25) is 0 Å². The van der Waals surface area contributed by atoms with E-state index in [1.165, 1.54) is 5.57 Å². The van der Waals surface area contributed by atoms with Crippen molar-refractivity contribution in [2.75, 3.05) is 54.5 Å². The predicted molar refractivity (Wildman–Crippen MR) is 87.6 cm³/mol. The van der Waals surface area contributed by atoms with E-state index in [1.807, 2.05) is 25.2 Å². The first-order chi connectivity index (χ1) is 10.7. The number of azo groups is 1. The fraction of sp³-hybridized carbons (Fsp3) is 0.500. The number of methoxy groups -OCH3 is 2. The monoisotopic (exact) mass is 304 g/mol. The fourth-order valence-corrected chi connectivity index (χ4v) is 2.49. The maximum atomic E-state index is 5.51. The average Bonchev–Trinajstić information content (AvgIpc) is 2.99. The number of ether oxygens (including phenoxy) is 2. The van der Waals surface area contributed by atoms with Crippen molar-refractivity contribution in [3.8, 4) is 11.5 Å². The predicted octanol–water partition coefficient (Wildman–Crippen LogP) is 2.03. The van der Waals surface area contributed by atoms with Gasteiger partial charge in [-0.15, -0.1) is 0 Å². The van der Waals surface area contributed by atoms with Gasteiger partial charge in [0.1, 0.15) is 0 Å². The highest BCUT2D eigenvalue weighted by Gasteiger charge is 2.21. The molecule has 2 rings (SSSR count). The summed E-state index contributed by atoms with van der Waals surface area (Å²) in [6, 6.07) is 5.82. The maximum Gasteiger partial charge on any atom is 0.170 e. The van der Waals surface area contributed by atoms with Crippen molar-refractivity contribution in [3.05, 3.63) is 29.3 Å². The van der Waals surface area contributed by atoms with Crippen LogP contribution in [0.2, 0.25) is 0 Å². The largest absolute Gasteiger partial charge is 0.493 e. The van der Waals surface area contributed by atoms with Crippen LogP contribution < -0.4 is 14.8 Å². The van der Waals surface area contributed by atoms with E-state index in [-0.39, 0.29) is 0 Å². The molecule has 6 heteroatoms. The summed E-state index contributed by atoms with van der Waals surface area (Å²) in [5.41, 5.74) is 3.03. The first-order valence-corrected chi connectivity index (χ1v) is 7.35. The van der Waals surface area contributed by atoms with Crippen molar-refractivity contribution < 1.29 is 9.47 Å². The summed E-state index contributed by atoms with van der Waals surface area (Å²) >= 11 is 0. The summed E-state index contributed by atoms with van der Waals surface area (Å²) in [5.74, 6) is 1.41. The topological polar surface area (TPSA) is 58.5 Å². The lowest BCUT2D eigenvalue weighted by Gasteiger charge is -2.18. The van der Waals surface area contributed by atoms with Crippen molar-refractivity contribution in [1.29, 1.82) is 0 Å². The van der Waals surface area contributed by atoms with Crippen LogP contribution in [0.25, 0.3) is 5.70 Å². The quantitative estimate of drug-likeness (QED) is 0.798. The van der Waals surface area contributed by atoms with Crippen molar-refractivity contribution in [2.45, 2.75) is 0 Å². The van der Waals surface area contributed by atoms with E-state index >= 15 is 0 Å². The molecule has 0 aliphatic carbocycles. The van der Waals surface area contributed by atoms with Gasteiger partial charge < -0.3 is 19.7 Å². The number of nitrogens with zero attached hydrogens (tertiary/aromatic N) is 3. The third-order valence-electron chi connectivity index (χ3n) is 3.63. The molecule has 0 saturated carbocycles. The molecular formula is C16H24N4O2. The lowest BCUT2D eigenvalue weighted by atomic mass is 10.1. The first kappa shape index (κ1) is 16.5.